The lowest BCUT2D eigenvalue weighted by atomic mass is 9.98. The maximum absolute atomic E-state index is 13.1. The molecular formula is C58H102O14. The number of aliphatic hydroxyl groups excluding tert-OH is 7. The Morgan fingerprint density at radius 2 is 0.861 bits per heavy atom. The minimum Gasteiger partial charge on any atom is -0.457 e. The first-order valence-corrected chi connectivity index (χ1v) is 28.4. The third-order valence-corrected chi connectivity index (χ3v) is 13.2. The van der Waals surface area contributed by atoms with Gasteiger partial charge in [0.1, 0.15) is 54.9 Å². The first-order chi connectivity index (χ1) is 35.1. The van der Waals surface area contributed by atoms with E-state index in [0.717, 1.165) is 70.6 Å². The van der Waals surface area contributed by atoms with Crippen LogP contribution in [0.3, 0.4) is 0 Å². The van der Waals surface area contributed by atoms with Crippen LogP contribution in [0.15, 0.2) is 60.8 Å². The van der Waals surface area contributed by atoms with Gasteiger partial charge in [-0.15, -0.1) is 0 Å². The van der Waals surface area contributed by atoms with Gasteiger partial charge < -0.3 is 64.2 Å². The minimum absolute atomic E-state index is 0.0495. The van der Waals surface area contributed by atoms with Crippen molar-refractivity contribution in [1.29, 1.82) is 0 Å². The van der Waals surface area contributed by atoms with Gasteiger partial charge >= 0.3 is 5.97 Å². The molecule has 418 valence electrons. The number of allylic oxidation sites excluding steroid dienone is 10. The van der Waals surface area contributed by atoms with Gasteiger partial charge in [0.2, 0.25) is 0 Å². The molecule has 0 radical (unpaired) electrons. The molecule has 11 atom stereocenters. The Balaban J connectivity index is 1.74. The average molecular weight is 1020 g/mol. The smallest absolute Gasteiger partial charge is 0.306 e. The van der Waals surface area contributed by atoms with Gasteiger partial charge in [0.15, 0.2) is 12.6 Å². The highest BCUT2D eigenvalue weighted by Crippen LogP contribution is 2.26. The number of carbonyl (C=O) groups is 1. The van der Waals surface area contributed by atoms with Crippen LogP contribution in [0.4, 0.5) is 0 Å². The number of hydrogen-bond donors (Lipinski definition) is 7. The van der Waals surface area contributed by atoms with Gasteiger partial charge in [0.05, 0.1) is 26.4 Å². The molecule has 11 unspecified atom stereocenters. The summed E-state index contributed by atoms with van der Waals surface area (Å²) in [4.78, 5) is 13.1. The van der Waals surface area contributed by atoms with Crippen LogP contribution < -0.4 is 0 Å². The number of carbonyl (C=O) groups excluding carboxylic acids is 1. The molecule has 72 heavy (non-hydrogen) atoms. The van der Waals surface area contributed by atoms with Crippen LogP contribution in [0, 0.1) is 0 Å². The van der Waals surface area contributed by atoms with Gasteiger partial charge in [0, 0.05) is 13.0 Å². The maximum atomic E-state index is 13.1. The van der Waals surface area contributed by atoms with E-state index in [1.807, 2.05) is 0 Å². The van der Waals surface area contributed by atoms with E-state index in [9.17, 15) is 40.5 Å². The van der Waals surface area contributed by atoms with Crippen LogP contribution >= 0.6 is 0 Å². The van der Waals surface area contributed by atoms with Crippen LogP contribution in [0.1, 0.15) is 200 Å². The average Bonchev–Trinajstić information content (AvgIpc) is 3.38. The van der Waals surface area contributed by atoms with Crippen molar-refractivity contribution >= 4 is 5.97 Å². The van der Waals surface area contributed by atoms with Crippen LogP contribution in [-0.2, 0) is 33.2 Å². The molecule has 0 amide bonds. The lowest BCUT2D eigenvalue weighted by Gasteiger charge is -2.42. The predicted molar refractivity (Wildman–Crippen MR) is 284 cm³/mol. The fraction of sp³-hybridized carbons (Fsp3) is 0.810. The van der Waals surface area contributed by atoms with E-state index in [4.69, 9.17) is 28.4 Å². The molecule has 7 N–H and O–H groups in total. The molecule has 0 bridgehead atoms. The largest absolute Gasteiger partial charge is 0.457 e. The lowest BCUT2D eigenvalue weighted by molar-refractivity contribution is -0.332. The maximum Gasteiger partial charge on any atom is 0.306 e. The molecule has 14 heteroatoms. The predicted octanol–water partition coefficient (Wildman–Crippen LogP) is 9.69. The van der Waals surface area contributed by atoms with Crippen molar-refractivity contribution in [2.75, 3.05) is 33.0 Å². The van der Waals surface area contributed by atoms with Crippen LogP contribution in [-0.4, -0.2) is 142 Å². The number of ether oxygens (including phenoxy) is 6. The fourth-order valence-corrected chi connectivity index (χ4v) is 8.62. The second-order valence-electron chi connectivity index (χ2n) is 19.8. The summed E-state index contributed by atoms with van der Waals surface area (Å²) in [6, 6.07) is 0. The van der Waals surface area contributed by atoms with Crippen molar-refractivity contribution < 1.29 is 69.0 Å². The first-order valence-electron chi connectivity index (χ1n) is 28.4. The zero-order valence-electron chi connectivity index (χ0n) is 44.7. The summed E-state index contributed by atoms with van der Waals surface area (Å²) >= 11 is 0. The van der Waals surface area contributed by atoms with Crippen molar-refractivity contribution in [3.05, 3.63) is 60.8 Å². The monoisotopic (exact) mass is 1020 g/mol. The van der Waals surface area contributed by atoms with E-state index in [2.05, 4.69) is 74.6 Å². The summed E-state index contributed by atoms with van der Waals surface area (Å²) in [7, 11) is 0. The number of esters is 1. The van der Waals surface area contributed by atoms with E-state index < -0.39 is 80.7 Å². The Bertz CT molecular complexity index is 1420. The molecule has 2 aliphatic rings. The van der Waals surface area contributed by atoms with Gasteiger partial charge in [-0.1, -0.05) is 171 Å². The summed E-state index contributed by atoms with van der Waals surface area (Å²) in [6.07, 6.45) is 38.4. The van der Waals surface area contributed by atoms with E-state index in [-0.39, 0.29) is 25.6 Å². The second-order valence-corrected chi connectivity index (χ2v) is 19.8. The van der Waals surface area contributed by atoms with Crippen molar-refractivity contribution in [2.45, 2.75) is 268 Å². The number of hydrogen-bond acceptors (Lipinski definition) is 14. The van der Waals surface area contributed by atoms with E-state index >= 15 is 0 Å². The molecule has 2 rings (SSSR count). The highest BCUT2D eigenvalue weighted by Gasteiger charge is 2.47. The zero-order valence-corrected chi connectivity index (χ0v) is 44.7. The highest BCUT2D eigenvalue weighted by molar-refractivity contribution is 5.69. The van der Waals surface area contributed by atoms with Crippen molar-refractivity contribution in [2.24, 2.45) is 0 Å². The summed E-state index contributed by atoms with van der Waals surface area (Å²) in [5.74, 6) is -0.388. The van der Waals surface area contributed by atoms with Crippen molar-refractivity contribution in [3.8, 4) is 0 Å². The fourth-order valence-electron chi connectivity index (χ4n) is 8.62. The molecule has 0 aliphatic carbocycles. The Hall–Kier alpha value is -2.31. The zero-order chi connectivity index (χ0) is 52.3. The van der Waals surface area contributed by atoms with E-state index in [1.165, 1.54) is 103 Å². The number of unbranched alkanes of at least 4 members (excludes halogenated alkanes) is 21. The van der Waals surface area contributed by atoms with Gasteiger partial charge in [-0.05, 0) is 83.5 Å². The van der Waals surface area contributed by atoms with Gasteiger partial charge in [-0.25, -0.2) is 0 Å². The highest BCUT2D eigenvalue weighted by atomic mass is 16.7. The van der Waals surface area contributed by atoms with Crippen LogP contribution in [0.2, 0.25) is 0 Å². The molecule has 2 fully saturated rings. The Kier molecular flexibility index (Phi) is 41.1. The van der Waals surface area contributed by atoms with E-state index in [0.29, 0.717) is 13.0 Å². The molecule has 0 saturated carbocycles. The van der Waals surface area contributed by atoms with Crippen LogP contribution in [0.5, 0.6) is 0 Å². The summed E-state index contributed by atoms with van der Waals surface area (Å²) < 4.78 is 34.4. The van der Waals surface area contributed by atoms with Crippen molar-refractivity contribution in [1.82, 2.24) is 0 Å². The van der Waals surface area contributed by atoms with Crippen LogP contribution in [0.25, 0.3) is 0 Å². The third-order valence-electron chi connectivity index (χ3n) is 13.2. The minimum atomic E-state index is -1.71. The Morgan fingerprint density at radius 3 is 1.38 bits per heavy atom. The Labute approximate surface area is 434 Å². The summed E-state index contributed by atoms with van der Waals surface area (Å²) in [5.41, 5.74) is 0. The Morgan fingerprint density at radius 1 is 0.458 bits per heavy atom. The van der Waals surface area contributed by atoms with Crippen molar-refractivity contribution in [3.63, 3.8) is 0 Å². The molecule has 0 aromatic rings. The molecule has 2 heterocycles. The first kappa shape index (κ1) is 65.8. The molecule has 0 spiro atoms. The number of rotatable bonds is 45. The van der Waals surface area contributed by atoms with E-state index in [1.54, 1.807) is 0 Å². The third kappa shape index (κ3) is 31.5. The normalized spacial score (nSPS) is 25.6. The van der Waals surface area contributed by atoms with Gasteiger partial charge in [-0.2, -0.15) is 0 Å². The second kappa shape index (κ2) is 44.9. The molecule has 0 aromatic carbocycles. The van der Waals surface area contributed by atoms with Gasteiger partial charge in [0.25, 0.3) is 0 Å². The molecular weight excluding hydrogens is 921 g/mol. The molecule has 2 saturated heterocycles. The standard InChI is InChI=1S/C58H102O14/c1-3-5-7-9-11-13-15-17-19-21-23-24-26-28-30-32-34-36-38-40-42-67-44-47(70-50(60)41-39-37-35-33-31-29-27-25-22-20-18-16-14-12-10-8-6-4-2)45-68-57-56(66)54(64)52(62)49(72-57)46-69-58-55(65)53(63)51(61)48(43-59)71-58/h11,13-14,16-17,19-20,22-24,47-49,51-59,61-66H,3-10,12,15,18,21,25-46H2,1-2H3/b13-11-,16-14-,19-17-,22-20-,24-23-. The number of aliphatic hydroxyl groups is 7. The van der Waals surface area contributed by atoms with Gasteiger partial charge in [-0.3, -0.25) is 4.79 Å². The summed E-state index contributed by atoms with van der Waals surface area (Å²) in [6.45, 7) is 3.62. The molecule has 14 nitrogen and oxygen atoms in total. The lowest BCUT2D eigenvalue weighted by Crippen LogP contribution is -2.61. The molecule has 2 aliphatic heterocycles. The summed E-state index contributed by atoms with van der Waals surface area (Å²) in [5, 5.41) is 72.3. The quantitative estimate of drug-likeness (QED) is 0.0172. The topological polar surface area (TPSA) is 214 Å². The SMILES string of the molecule is CCCCC/C=C\C/C=C\C/C=C\CCCCCCCCCOCC(COC1OC(COC2OC(CO)C(O)C(O)C2O)C(O)C(O)C1O)OC(=O)CCCCCCCCC/C=C\C/C=C\CCCCCC. The molecule has 0 aromatic heterocycles.